The lowest BCUT2D eigenvalue weighted by Gasteiger charge is -2.15. The lowest BCUT2D eigenvalue weighted by atomic mass is 9.96. The molecular weight excluding hydrogens is 410 g/mol. The molecule has 0 atom stereocenters. The first kappa shape index (κ1) is 22.7. The van der Waals surface area contributed by atoms with E-state index in [-0.39, 0.29) is 17.8 Å². The molecule has 0 saturated carbocycles. The standard InChI is InChI=1S/C28H31N3O2/c1-19(2)28-27(26(32)13-10-21-8-7-14-29-17-21)24-12-11-23(33-20(3)4)16-25(24)31(28)18-22-9-5-6-15-30-22/h5-9,11-12,14-17,19-20H,10,13,18H2,1-4H3. The van der Waals surface area contributed by atoms with E-state index in [9.17, 15) is 4.79 Å². The third-order valence-electron chi connectivity index (χ3n) is 5.68. The Morgan fingerprint density at radius 3 is 2.55 bits per heavy atom. The maximum atomic E-state index is 13.6. The predicted octanol–water partition coefficient (Wildman–Crippen LogP) is 6.21. The fourth-order valence-electron chi connectivity index (χ4n) is 4.34. The van der Waals surface area contributed by atoms with Crippen LogP contribution in [0.15, 0.2) is 67.1 Å². The normalized spacial score (nSPS) is 11.5. The van der Waals surface area contributed by atoms with E-state index in [0.717, 1.165) is 39.2 Å². The minimum absolute atomic E-state index is 0.0757. The van der Waals surface area contributed by atoms with Crippen molar-refractivity contribution in [1.29, 1.82) is 0 Å². The number of Topliss-reactive ketones (excluding diaryl/α,β-unsaturated/α-hetero) is 1. The molecule has 4 aromatic rings. The third kappa shape index (κ3) is 5.14. The quantitative estimate of drug-likeness (QED) is 0.290. The average molecular weight is 442 g/mol. The van der Waals surface area contributed by atoms with E-state index in [1.807, 2.05) is 68.7 Å². The van der Waals surface area contributed by atoms with Gasteiger partial charge >= 0.3 is 0 Å². The van der Waals surface area contributed by atoms with E-state index in [0.29, 0.717) is 19.4 Å². The fraction of sp³-hybridized carbons (Fsp3) is 0.321. The van der Waals surface area contributed by atoms with E-state index in [1.54, 1.807) is 6.20 Å². The van der Waals surface area contributed by atoms with Crippen molar-refractivity contribution in [2.24, 2.45) is 0 Å². The molecular formula is C28H31N3O2. The van der Waals surface area contributed by atoms with Crippen LogP contribution in [0.2, 0.25) is 0 Å². The minimum atomic E-state index is 0.0757. The Hall–Kier alpha value is -3.47. The van der Waals surface area contributed by atoms with Crippen molar-refractivity contribution >= 4 is 16.7 Å². The molecule has 0 fully saturated rings. The van der Waals surface area contributed by atoms with Gasteiger partial charge in [0.05, 0.1) is 23.9 Å². The molecule has 5 nitrogen and oxygen atoms in total. The van der Waals surface area contributed by atoms with Gasteiger partial charge < -0.3 is 9.30 Å². The van der Waals surface area contributed by atoms with Crippen LogP contribution < -0.4 is 4.74 Å². The summed E-state index contributed by atoms with van der Waals surface area (Å²) in [5.41, 5.74) is 4.90. The highest BCUT2D eigenvalue weighted by atomic mass is 16.5. The van der Waals surface area contributed by atoms with Crippen LogP contribution in [-0.4, -0.2) is 26.4 Å². The van der Waals surface area contributed by atoms with Crippen molar-refractivity contribution in [1.82, 2.24) is 14.5 Å². The average Bonchev–Trinajstić information content (AvgIpc) is 3.12. The van der Waals surface area contributed by atoms with Crippen LogP contribution in [0.3, 0.4) is 0 Å². The summed E-state index contributed by atoms with van der Waals surface area (Å²) in [7, 11) is 0. The summed E-state index contributed by atoms with van der Waals surface area (Å²) in [6.45, 7) is 8.93. The Morgan fingerprint density at radius 1 is 1.03 bits per heavy atom. The second kappa shape index (κ2) is 9.99. The topological polar surface area (TPSA) is 57.0 Å². The molecule has 0 saturated heterocycles. The Morgan fingerprint density at radius 2 is 1.88 bits per heavy atom. The number of ketones is 1. The van der Waals surface area contributed by atoms with Crippen molar-refractivity contribution in [2.75, 3.05) is 0 Å². The number of ether oxygens (including phenoxy) is 1. The molecule has 4 rings (SSSR count). The van der Waals surface area contributed by atoms with Crippen molar-refractivity contribution < 1.29 is 9.53 Å². The maximum absolute atomic E-state index is 13.6. The van der Waals surface area contributed by atoms with Gasteiger partial charge in [0, 0.05) is 47.7 Å². The van der Waals surface area contributed by atoms with Crippen LogP contribution in [0.4, 0.5) is 0 Å². The van der Waals surface area contributed by atoms with Gasteiger partial charge in [-0.2, -0.15) is 0 Å². The molecule has 0 bridgehead atoms. The van der Waals surface area contributed by atoms with Gasteiger partial charge in [0.1, 0.15) is 5.75 Å². The van der Waals surface area contributed by atoms with Crippen LogP contribution in [-0.2, 0) is 13.0 Å². The van der Waals surface area contributed by atoms with Crippen LogP contribution >= 0.6 is 0 Å². The highest BCUT2D eigenvalue weighted by Crippen LogP contribution is 2.35. The van der Waals surface area contributed by atoms with Crippen molar-refractivity contribution in [3.05, 3.63) is 89.6 Å². The number of hydrogen-bond acceptors (Lipinski definition) is 4. The summed E-state index contributed by atoms with van der Waals surface area (Å²) in [5, 5.41) is 0.974. The molecule has 0 spiro atoms. The van der Waals surface area contributed by atoms with E-state index >= 15 is 0 Å². The zero-order chi connectivity index (χ0) is 23.4. The number of aryl methyl sites for hydroxylation is 1. The molecule has 3 aromatic heterocycles. The minimum Gasteiger partial charge on any atom is -0.491 e. The second-order valence-corrected chi connectivity index (χ2v) is 8.95. The van der Waals surface area contributed by atoms with Gasteiger partial charge in [-0.15, -0.1) is 0 Å². The first-order chi connectivity index (χ1) is 15.9. The van der Waals surface area contributed by atoms with E-state index in [4.69, 9.17) is 4.74 Å². The summed E-state index contributed by atoms with van der Waals surface area (Å²) in [6, 6.07) is 15.9. The molecule has 5 heteroatoms. The number of fused-ring (bicyclic) bond motifs is 1. The first-order valence-corrected chi connectivity index (χ1v) is 11.6. The van der Waals surface area contributed by atoms with Gasteiger partial charge in [-0.3, -0.25) is 14.8 Å². The molecule has 0 aliphatic heterocycles. The van der Waals surface area contributed by atoms with Gasteiger partial charge in [0.25, 0.3) is 0 Å². The summed E-state index contributed by atoms with van der Waals surface area (Å²) in [6.07, 6.45) is 6.58. The Labute approximate surface area is 195 Å². The number of carbonyl (C=O) groups is 1. The summed E-state index contributed by atoms with van der Waals surface area (Å²) < 4.78 is 8.22. The number of hydrogen-bond donors (Lipinski definition) is 0. The predicted molar refractivity (Wildman–Crippen MR) is 132 cm³/mol. The number of nitrogens with zero attached hydrogens (tertiary/aromatic N) is 3. The van der Waals surface area contributed by atoms with Crippen LogP contribution in [0.25, 0.3) is 10.9 Å². The van der Waals surface area contributed by atoms with Crippen LogP contribution in [0.5, 0.6) is 5.75 Å². The number of rotatable bonds is 9. The lowest BCUT2D eigenvalue weighted by molar-refractivity contribution is 0.0983. The van der Waals surface area contributed by atoms with Gasteiger partial charge in [0.15, 0.2) is 5.78 Å². The van der Waals surface area contributed by atoms with Crippen molar-refractivity contribution in [3.63, 3.8) is 0 Å². The van der Waals surface area contributed by atoms with E-state index in [2.05, 4.69) is 34.4 Å². The molecule has 0 unspecified atom stereocenters. The molecule has 0 aliphatic carbocycles. The van der Waals surface area contributed by atoms with Gasteiger partial charge in [-0.25, -0.2) is 0 Å². The molecule has 0 radical (unpaired) electrons. The van der Waals surface area contributed by atoms with E-state index < -0.39 is 0 Å². The summed E-state index contributed by atoms with van der Waals surface area (Å²) >= 11 is 0. The van der Waals surface area contributed by atoms with E-state index in [1.165, 1.54) is 0 Å². The number of carbonyl (C=O) groups excluding carboxylic acids is 1. The second-order valence-electron chi connectivity index (χ2n) is 8.95. The summed E-state index contributed by atoms with van der Waals surface area (Å²) in [4.78, 5) is 22.3. The number of aromatic nitrogens is 3. The zero-order valence-electron chi connectivity index (χ0n) is 19.8. The fourth-order valence-corrected chi connectivity index (χ4v) is 4.34. The molecule has 0 N–H and O–H groups in total. The molecule has 0 aliphatic rings. The maximum Gasteiger partial charge on any atom is 0.165 e. The monoisotopic (exact) mass is 441 g/mol. The number of pyridine rings is 2. The summed E-state index contributed by atoms with van der Waals surface area (Å²) in [5.74, 6) is 1.14. The molecule has 0 amide bonds. The number of benzene rings is 1. The first-order valence-electron chi connectivity index (χ1n) is 11.6. The Balaban J connectivity index is 1.81. The van der Waals surface area contributed by atoms with Crippen LogP contribution in [0, 0.1) is 0 Å². The van der Waals surface area contributed by atoms with Gasteiger partial charge in [-0.05, 0) is 62.1 Å². The molecule has 33 heavy (non-hydrogen) atoms. The molecule has 3 heterocycles. The lowest BCUT2D eigenvalue weighted by Crippen LogP contribution is -2.11. The SMILES string of the molecule is CC(C)Oc1ccc2c(C(=O)CCc3cccnc3)c(C(C)C)n(Cc3ccccn3)c2c1. The van der Waals surface area contributed by atoms with Crippen LogP contribution in [0.1, 0.15) is 67.3 Å². The van der Waals surface area contributed by atoms with Gasteiger partial charge in [0.2, 0.25) is 0 Å². The zero-order valence-corrected chi connectivity index (χ0v) is 19.8. The largest absolute Gasteiger partial charge is 0.491 e. The van der Waals surface area contributed by atoms with Gasteiger partial charge in [-0.1, -0.05) is 26.0 Å². The molecule has 170 valence electrons. The molecule has 1 aromatic carbocycles. The smallest absolute Gasteiger partial charge is 0.165 e. The highest BCUT2D eigenvalue weighted by Gasteiger charge is 2.25. The third-order valence-corrected chi connectivity index (χ3v) is 5.68. The Bertz CT molecular complexity index is 1230. The highest BCUT2D eigenvalue weighted by molar-refractivity contribution is 6.10. The van der Waals surface area contributed by atoms with Crippen molar-refractivity contribution in [2.45, 2.75) is 59.1 Å². The Kier molecular flexibility index (Phi) is 6.87. The van der Waals surface area contributed by atoms with Crippen molar-refractivity contribution in [3.8, 4) is 5.75 Å².